The van der Waals surface area contributed by atoms with E-state index in [1.165, 1.54) is 6.42 Å². The van der Waals surface area contributed by atoms with Gasteiger partial charge in [-0.25, -0.2) is 0 Å². The second-order valence-corrected chi connectivity index (χ2v) is 4.94. The number of aromatic nitrogens is 1. The highest BCUT2D eigenvalue weighted by Crippen LogP contribution is 2.35. The third-order valence-corrected chi connectivity index (χ3v) is 3.61. The van der Waals surface area contributed by atoms with Crippen molar-refractivity contribution in [1.29, 1.82) is 0 Å². The maximum Gasteiger partial charge on any atom is 0.0779 e. The van der Waals surface area contributed by atoms with Gasteiger partial charge in [-0.1, -0.05) is 0 Å². The summed E-state index contributed by atoms with van der Waals surface area (Å²) < 4.78 is 0.896. The Kier molecular flexibility index (Phi) is 3.66. The number of aliphatic hydroxyl groups excluding tert-OH is 1. The van der Waals surface area contributed by atoms with Crippen LogP contribution < -0.4 is 10.6 Å². The number of hydrogen-bond acceptors (Lipinski definition) is 4. The van der Waals surface area contributed by atoms with Crippen molar-refractivity contribution >= 4 is 27.3 Å². The smallest absolute Gasteiger partial charge is 0.0779 e. The van der Waals surface area contributed by atoms with Crippen LogP contribution in [0.2, 0.25) is 0 Å². The maximum atomic E-state index is 9.39. The van der Waals surface area contributed by atoms with Crippen molar-refractivity contribution < 1.29 is 5.11 Å². The van der Waals surface area contributed by atoms with E-state index in [1.807, 2.05) is 0 Å². The lowest BCUT2D eigenvalue weighted by atomic mass is 10.0. The molecule has 0 bridgehead atoms. The molecule has 1 saturated heterocycles. The lowest BCUT2D eigenvalue weighted by molar-refractivity contribution is 0.240. The van der Waals surface area contributed by atoms with Crippen molar-refractivity contribution in [1.82, 2.24) is 4.98 Å². The molecule has 4 nitrogen and oxygen atoms in total. The molecule has 1 atom stereocenters. The van der Waals surface area contributed by atoms with E-state index in [0.717, 1.165) is 29.5 Å². The van der Waals surface area contributed by atoms with Gasteiger partial charge in [0.1, 0.15) is 0 Å². The molecule has 0 spiro atoms. The number of nitrogens with zero attached hydrogens (tertiary/aromatic N) is 2. The van der Waals surface area contributed by atoms with Crippen molar-refractivity contribution in [3.8, 4) is 0 Å². The van der Waals surface area contributed by atoms with Crippen LogP contribution in [-0.4, -0.2) is 29.3 Å². The summed E-state index contributed by atoms with van der Waals surface area (Å²) in [5.74, 6) is 0. The fourth-order valence-electron chi connectivity index (χ4n) is 2.23. The third-order valence-electron chi connectivity index (χ3n) is 3.03. The Balaban J connectivity index is 2.34. The van der Waals surface area contributed by atoms with E-state index < -0.39 is 0 Å². The Morgan fingerprint density at radius 1 is 1.50 bits per heavy atom. The number of rotatable bonds is 2. The molecular weight excluding hydrogens is 270 g/mol. The van der Waals surface area contributed by atoms with Crippen LogP contribution in [0.3, 0.4) is 0 Å². The van der Waals surface area contributed by atoms with Gasteiger partial charge in [-0.3, -0.25) is 4.98 Å². The maximum absolute atomic E-state index is 9.39. The highest BCUT2D eigenvalue weighted by atomic mass is 79.9. The normalized spacial score (nSPS) is 21.1. The minimum Gasteiger partial charge on any atom is -0.396 e. The van der Waals surface area contributed by atoms with Gasteiger partial charge in [0, 0.05) is 12.7 Å². The molecule has 2 heterocycles. The summed E-state index contributed by atoms with van der Waals surface area (Å²) in [5.41, 5.74) is 7.58. The summed E-state index contributed by atoms with van der Waals surface area (Å²) in [5, 5.41) is 9.39. The molecule has 0 saturated carbocycles. The van der Waals surface area contributed by atoms with Gasteiger partial charge in [0.2, 0.25) is 0 Å². The average Bonchev–Trinajstić information content (AvgIpc) is 2.29. The standard InChI is InChI=1S/C11H16BrN3O/c12-9-5-14-6-10(13)11(9)15-4-2-1-3-8(15)7-16/h5-6,8,16H,1-4,7,13H2. The van der Waals surface area contributed by atoms with Crippen LogP contribution in [0.4, 0.5) is 11.4 Å². The Morgan fingerprint density at radius 2 is 2.31 bits per heavy atom. The van der Waals surface area contributed by atoms with Crippen molar-refractivity contribution in [2.75, 3.05) is 23.8 Å². The Morgan fingerprint density at radius 3 is 3.00 bits per heavy atom. The van der Waals surface area contributed by atoms with Crippen molar-refractivity contribution in [3.63, 3.8) is 0 Å². The molecular formula is C11H16BrN3O. The number of piperidine rings is 1. The molecule has 0 aliphatic carbocycles. The van der Waals surface area contributed by atoms with Crippen LogP contribution in [-0.2, 0) is 0 Å². The fourth-order valence-corrected chi connectivity index (χ4v) is 2.81. The van der Waals surface area contributed by atoms with Crippen LogP contribution in [0.25, 0.3) is 0 Å². The quantitative estimate of drug-likeness (QED) is 0.870. The first kappa shape index (κ1) is 11.7. The van der Waals surface area contributed by atoms with Crippen LogP contribution >= 0.6 is 15.9 Å². The molecule has 5 heteroatoms. The van der Waals surface area contributed by atoms with Gasteiger partial charge in [-0.15, -0.1) is 0 Å². The van der Waals surface area contributed by atoms with Gasteiger partial charge in [0.25, 0.3) is 0 Å². The van der Waals surface area contributed by atoms with Gasteiger partial charge in [0.15, 0.2) is 0 Å². The van der Waals surface area contributed by atoms with Gasteiger partial charge in [-0.05, 0) is 35.2 Å². The van der Waals surface area contributed by atoms with E-state index in [0.29, 0.717) is 5.69 Å². The highest BCUT2D eigenvalue weighted by molar-refractivity contribution is 9.10. The number of nitrogen functional groups attached to an aromatic ring is 1. The van der Waals surface area contributed by atoms with Gasteiger partial charge in [0.05, 0.1) is 34.7 Å². The van der Waals surface area contributed by atoms with Crippen molar-refractivity contribution in [2.24, 2.45) is 0 Å². The van der Waals surface area contributed by atoms with Crippen LogP contribution in [0.1, 0.15) is 19.3 Å². The molecule has 1 fully saturated rings. The van der Waals surface area contributed by atoms with E-state index in [4.69, 9.17) is 5.73 Å². The van der Waals surface area contributed by atoms with Gasteiger partial charge < -0.3 is 15.7 Å². The predicted molar refractivity (Wildman–Crippen MR) is 68.4 cm³/mol. The molecule has 1 aliphatic rings. The van der Waals surface area contributed by atoms with Gasteiger partial charge in [-0.2, -0.15) is 0 Å². The van der Waals surface area contributed by atoms with E-state index in [1.54, 1.807) is 12.4 Å². The summed E-state index contributed by atoms with van der Waals surface area (Å²) in [7, 11) is 0. The minimum atomic E-state index is 0.175. The lowest BCUT2D eigenvalue weighted by Crippen LogP contribution is -2.42. The third kappa shape index (κ3) is 2.15. The molecule has 2 rings (SSSR count). The number of aliphatic hydroxyl groups is 1. The molecule has 88 valence electrons. The molecule has 0 amide bonds. The lowest BCUT2D eigenvalue weighted by Gasteiger charge is -2.37. The van der Waals surface area contributed by atoms with Crippen molar-refractivity contribution in [3.05, 3.63) is 16.9 Å². The number of anilines is 2. The van der Waals surface area contributed by atoms with Crippen LogP contribution in [0.15, 0.2) is 16.9 Å². The van der Waals surface area contributed by atoms with Gasteiger partial charge >= 0.3 is 0 Å². The van der Waals surface area contributed by atoms with Crippen LogP contribution in [0.5, 0.6) is 0 Å². The Hall–Kier alpha value is -0.810. The second-order valence-electron chi connectivity index (χ2n) is 4.08. The zero-order chi connectivity index (χ0) is 11.5. The monoisotopic (exact) mass is 285 g/mol. The topological polar surface area (TPSA) is 62.4 Å². The summed E-state index contributed by atoms with van der Waals surface area (Å²) in [6.07, 6.45) is 6.73. The molecule has 1 aromatic heterocycles. The van der Waals surface area contributed by atoms with E-state index >= 15 is 0 Å². The molecule has 3 N–H and O–H groups in total. The minimum absolute atomic E-state index is 0.175. The molecule has 1 aliphatic heterocycles. The number of pyridine rings is 1. The summed E-state index contributed by atoms with van der Waals surface area (Å²) >= 11 is 3.47. The SMILES string of the molecule is Nc1cncc(Br)c1N1CCCCC1CO. The highest BCUT2D eigenvalue weighted by Gasteiger charge is 2.24. The average molecular weight is 286 g/mol. The summed E-state index contributed by atoms with van der Waals surface area (Å²) in [6, 6.07) is 0.176. The molecule has 1 aromatic rings. The van der Waals surface area contributed by atoms with E-state index in [2.05, 4.69) is 25.8 Å². The zero-order valence-electron chi connectivity index (χ0n) is 9.06. The fraction of sp³-hybridized carbons (Fsp3) is 0.545. The predicted octanol–water partition coefficient (Wildman–Crippen LogP) is 1.78. The van der Waals surface area contributed by atoms with Crippen molar-refractivity contribution in [2.45, 2.75) is 25.3 Å². The Bertz CT molecular complexity index is 352. The molecule has 16 heavy (non-hydrogen) atoms. The first-order valence-electron chi connectivity index (χ1n) is 5.50. The second kappa shape index (κ2) is 5.01. The number of nitrogens with two attached hydrogens (primary N) is 1. The number of hydrogen-bond donors (Lipinski definition) is 2. The van der Waals surface area contributed by atoms with E-state index in [-0.39, 0.29) is 12.6 Å². The summed E-state index contributed by atoms with van der Waals surface area (Å²) in [6.45, 7) is 1.12. The Labute approximate surface area is 104 Å². The van der Waals surface area contributed by atoms with E-state index in [9.17, 15) is 5.11 Å². The largest absolute Gasteiger partial charge is 0.396 e. The zero-order valence-corrected chi connectivity index (χ0v) is 10.7. The first-order chi connectivity index (χ1) is 7.74. The summed E-state index contributed by atoms with van der Waals surface area (Å²) in [4.78, 5) is 6.21. The molecule has 0 aromatic carbocycles. The van der Waals surface area contributed by atoms with Crippen LogP contribution in [0, 0.1) is 0 Å². The first-order valence-corrected chi connectivity index (χ1v) is 6.30. The number of halogens is 1. The molecule has 1 unspecified atom stereocenters. The molecule has 0 radical (unpaired) electrons.